The number of esters is 1. The zero-order valence-electron chi connectivity index (χ0n) is 23.8. The molecule has 210 valence electrons. The molecule has 0 amide bonds. The fraction of sp³-hybridized carbons (Fsp3) is 0.968. The molecule has 0 aromatic carbocycles. The molecule has 0 fully saturated rings. The largest absolute Gasteiger partial charge is 0.457 e. The molecule has 0 bridgehead atoms. The first kappa shape index (κ1) is 34.4. The second-order valence-electron chi connectivity index (χ2n) is 10.5. The van der Waals surface area contributed by atoms with Gasteiger partial charge in [-0.15, -0.1) is 0 Å². The van der Waals surface area contributed by atoms with Gasteiger partial charge in [0.15, 0.2) is 0 Å². The van der Waals surface area contributed by atoms with Crippen LogP contribution in [0.25, 0.3) is 0 Å². The molecule has 0 heterocycles. The first-order valence-electron chi connectivity index (χ1n) is 15.6. The van der Waals surface area contributed by atoms with Crippen molar-refractivity contribution in [1.82, 2.24) is 0 Å². The van der Waals surface area contributed by atoms with Gasteiger partial charge in [-0.25, -0.2) is 0 Å². The van der Waals surface area contributed by atoms with E-state index in [1.54, 1.807) is 0 Å². The van der Waals surface area contributed by atoms with E-state index in [0.717, 1.165) is 19.3 Å². The lowest BCUT2D eigenvalue weighted by Crippen LogP contribution is -2.27. The summed E-state index contributed by atoms with van der Waals surface area (Å²) in [6, 6.07) is 0. The van der Waals surface area contributed by atoms with Crippen LogP contribution in [0.2, 0.25) is 0 Å². The van der Waals surface area contributed by atoms with Gasteiger partial charge >= 0.3 is 5.97 Å². The van der Waals surface area contributed by atoms with Crippen LogP contribution in [0.15, 0.2) is 0 Å². The smallest absolute Gasteiger partial charge is 0.306 e. The molecule has 0 aromatic rings. The summed E-state index contributed by atoms with van der Waals surface area (Å²) >= 11 is 0. The Morgan fingerprint density at radius 1 is 0.571 bits per heavy atom. The van der Waals surface area contributed by atoms with Crippen molar-refractivity contribution in [3.63, 3.8) is 0 Å². The highest BCUT2D eigenvalue weighted by Crippen LogP contribution is 2.13. The molecular weight excluding hydrogens is 436 g/mol. The Labute approximate surface area is 219 Å². The number of rotatable bonds is 29. The van der Waals surface area contributed by atoms with Gasteiger partial charge in [0.25, 0.3) is 0 Å². The molecule has 0 aliphatic heterocycles. The molecule has 1 atom stereocenters. The topological polar surface area (TPSA) is 55.8 Å². The summed E-state index contributed by atoms with van der Waals surface area (Å²) < 4.78 is 11.0. The molecule has 4 heteroatoms. The fourth-order valence-corrected chi connectivity index (χ4v) is 4.56. The summed E-state index contributed by atoms with van der Waals surface area (Å²) in [7, 11) is 0. The van der Waals surface area contributed by atoms with Crippen LogP contribution in [0.3, 0.4) is 0 Å². The van der Waals surface area contributed by atoms with Gasteiger partial charge in [0.1, 0.15) is 6.10 Å². The molecule has 0 spiro atoms. The zero-order valence-corrected chi connectivity index (χ0v) is 23.8. The number of aliphatic hydroxyl groups excluding tert-OH is 1. The van der Waals surface area contributed by atoms with Gasteiger partial charge in [-0.2, -0.15) is 0 Å². The van der Waals surface area contributed by atoms with Crippen LogP contribution in [-0.4, -0.2) is 37.0 Å². The maximum absolute atomic E-state index is 12.0. The average Bonchev–Trinajstić information content (AvgIpc) is 2.86. The number of hydrogen-bond acceptors (Lipinski definition) is 4. The molecular formula is C31H62O4. The van der Waals surface area contributed by atoms with Crippen LogP contribution in [-0.2, 0) is 14.3 Å². The summed E-state index contributed by atoms with van der Waals surface area (Å²) in [5.41, 5.74) is 0. The number of ether oxygens (including phenoxy) is 2. The van der Waals surface area contributed by atoms with Crippen LogP contribution in [0.4, 0.5) is 0 Å². The van der Waals surface area contributed by atoms with E-state index in [1.807, 2.05) is 0 Å². The van der Waals surface area contributed by atoms with Gasteiger partial charge in [-0.3, -0.25) is 4.79 Å². The number of unbranched alkanes of at least 4 members (excludes halogenated alkanes) is 21. The van der Waals surface area contributed by atoms with E-state index in [4.69, 9.17) is 9.47 Å². The van der Waals surface area contributed by atoms with Crippen molar-refractivity contribution < 1.29 is 19.4 Å². The van der Waals surface area contributed by atoms with Crippen molar-refractivity contribution in [3.8, 4) is 0 Å². The Morgan fingerprint density at radius 2 is 0.943 bits per heavy atom. The second-order valence-corrected chi connectivity index (χ2v) is 10.5. The third kappa shape index (κ3) is 27.8. The number of aliphatic hydroxyl groups is 1. The first-order chi connectivity index (χ1) is 17.2. The second kappa shape index (κ2) is 29.6. The first-order valence-corrected chi connectivity index (χ1v) is 15.6. The van der Waals surface area contributed by atoms with E-state index in [1.165, 1.54) is 128 Å². The summed E-state index contributed by atoms with van der Waals surface area (Å²) in [5.74, 6) is -0.200. The number of hydrogen-bond donors (Lipinski definition) is 1. The minimum Gasteiger partial charge on any atom is -0.457 e. The van der Waals surface area contributed by atoms with Crippen LogP contribution in [0, 0.1) is 0 Å². The van der Waals surface area contributed by atoms with E-state index < -0.39 is 6.10 Å². The predicted molar refractivity (Wildman–Crippen MR) is 150 cm³/mol. The predicted octanol–water partition coefficient (Wildman–Crippen LogP) is 9.31. The molecule has 4 nitrogen and oxygen atoms in total. The monoisotopic (exact) mass is 498 g/mol. The van der Waals surface area contributed by atoms with Crippen LogP contribution < -0.4 is 0 Å². The van der Waals surface area contributed by atoms with Crippen molar-refractivity contribution in [2.45, 2.75) is 174 Å². The molecule has 35 heavy (non-hydrogen) atoms. The summed E-state index contributed by atoms with van der Waals surface area (Å²) in [5, 5.41) is 9.48. The molecule has 0 saturated carbocycles. The van der Waals surface area contributed by atoms with E-state index in [9.17, 15) is 9.90 Å². The minimum atomic E-state index is -0.521. The van der Waals surface area contributed by atoms with E-state index in [0.29, 0.717) is 19.6 Å². The van der Waals surface area contributed by atoms with Crippen molar-refractivity contribution in [3.05, 3.63) is 0 Å². The van der Waals surface area contributed by atoms with Crippen molar-refractivity contribution in [2.24, 2.45) is 0 Å². The Kier molecular flexibility index (Phi) is 29.1. The molecule has 0 radical (unpaired) electrons. The van der Waals surface area contributed by atoms with E-state index in [-0.39, 0.29) is 12.6 Å². The molecule has 0 aliphatic carbocycles. The molecule has 0 aromatic heterocycles. The quantitative estimate of drug-likeness (QED) is 0.0824. The standard InChI is InChI=1S/C31H62O4/c1-3-5-7-9-11-13-15-16-18-20-22-24-26-31(33)35-30(28-32)29-34-27-25-23-21-19-17-14-12-10-8-6-4-2/h30,32H,3-29H2,1-2H3. The molecule has 0 rings (SSSR count). The average molecular weight is 499 g/mol. The Balaban J connectivity index is 3.41. The Morgan fingerprint density at radius 3 is 1.34 bits per heavy atom. The third-order valence-corrected chi connectivity index (χ3v) is 6.93. The highest BCUT2D eigenvalue weighted by atomic mass is 16.6. The van der Waals surface area contributed by atoms with Gasteiger partial charge in [0.2, 0.25) is 0 Å². The molecule has 1 N–H and O–H groups in total. The molecule has 1 unspecified atom stereocenters. The third-order valence-electron chi connectivity index (χ3n) is 6.93. The van der Waals surface area contributed by atoms with Gasteiger partial charge in [-0.1, -0.05) is 149 Å². The maximum atomic E-state index is 12.0. The van der Waals surface area contributed by atoms with Crippen molar-refractivity contribution >= 4 is 5.97 Å². The minimum absolute atomic E-state index is 0.164. The lowest BCUT2D eigenvalue weighted by Gasteiger charge is -2.16. The highest BCUT2D eigenvalue weighted by molar-refractivity contribution is 5.69. The Bertz CT molecular complexity index is 413. The lowest BCUT2D eigenvalue weighted by molar-refractivity contribution is -0.154. The van der Waals surface area contributed by atoms with Crippen LogP contribution in [0.5, 0.6) is 0 Å². The lowest BCUT2D eigenvalue weighted by atomic mass is 10.0. The van der Waals surface area contributed by atoms with Gasteiger partial charge < -0.3 is 14.6 Å². The van der Waals surface area contributed by atoms with Crippen molar-refractivity contribution in [1.29, 1.82) is 0 Å². The SMILES string of the molecule is CCCCCCCCCCCCCCC(=O)OC(CO)COCCCCCCCCCCCCC. The van der Waals surface area contributed by atoms with Gasteiger partial charge in [-0.05, 0) is 12.8 Å². The number of carbonyl (C=O) groups excluding carboxylic acids is 1. The Hall–Kier alpha value is -0.610. The van der Waals surface area contributed by atoms with Crippen LogP contribution >= 0.6 is 0 Å². The molecule has 0 saturated heterocycles. The maximum Gasteiger partial charge on any atom is 0.306 e. The van der Waals surface area contributed by atoms with Gasteiger partial charge in [0.05, 0.1) is 13.2 Å². The summed E-state index contributed by atoms with van der Waals surface area (Å²) in [4.78, 5) is 12.0. The zero-order chi connectivity index (χ0) is 25.7. The highest BCUT2D eigenvalue weighted by Gasteiger charge is 2.13. The molecule has 0 aliphatic rings. The summed E-state index contributed by atoms with van der Waals surface area (Å²) in [6.07, 6.45) is 29.8. The fourth-order valence-electron chi connectivity index (χ4n) is 4.56. The normalized spacial score (nSPS) is 12.2. The number of carbonyl (C=O) groups is 1. The van der Waals surface area contributed by atoms with E-state index >= 15 is 0 Å². The summed E-state index contributed by atoms with van der Waals surface area (Å²) in [6.45, 7) is 5.35. The van der Waals surface area contributed by atoms with E-state index in [2.05, 4.69) is 13.8 Å². The van der Waals surface area contributed by atoms with Gasteiger partial charge in [0, 0.05) is 13.0 Å². The van der Waals surface area contributed by atoms with Crippen molar-refractivity contribution in [2.75, 3.05) is 19.8 Å². The van der Waals surface area contributed by atoms with Crippen LogP contribution in [0.1, 0.15) is 168 Å².